The van der Waals surface area contributed by atoms with E-state index in [0.717, 1.165) is 11.8 Å². The van der Waals surface area contributed by atoms with E-state index in [9.17, 15) is 9.18 Å². The van der Waals surface area contributed by atoms with Gasteiger partial charge in [0.05, 0.1) is 6.20 Å². The second-order valence-electron chi connectivity index (χ2n) is 3.69. The lowest BCUT2D eigenvalue weighted by Crippen LogP contribution is -2.03. The van der Waals surface area contributed by atoms with Crippen molar-refractivity contribution in [2.45, 2.75) is 13.5 Å². The van der Waals surface area contributed by atoms with Crippen LogP contribution in [0, 0.1) is 12.7 Å². The molecule has 0 radical (unpaired) electrons. The van der Waals surface area contributed by atoms with Gasteiger partial charge >= 0.3 is 5.97 Å². The zero-order chi connectivity index (χ0) is 13.1. The van der Waals surface area contributed by atoms with Gasteiger partial charge in [-0.2, -0.15) is 0 Å². The molecular formula is C12H10FNO4. The number of hydrogen-bond acceptors (Lipinski definition) is 4. The summed E-state index contributed by atoms with van der Waals surface area (Å²) in [5.74, 6) is -1.59. The zero-order valence-electron chi connectivity index (χ0n) is 9.51. The molecule has 0 spiro atoms. The zero-order valence-corrected chi connectivity index (χ0v) is 9.51. The SMILES string of the molecule is Cc1ccc(F)c(OCc2oncc2C(=O)O)c1. The van der Waals surface area contributed by atoms with Gasteiger partial charge in [0.25, 0.3) is 0 Å². The van der Waals surface area contributed by atoms with Crippen LogP contribution in [0.2, 0.25) is 0 Å². The average Bonchev–Trinajstić information content (AvgIpc) is 2.79. The number of ether oxygens (including phenoxy) is 1. The van der Waals surface area contributed by atoms with E-state index in [1.807, 2.05) is 0 Å². The summed E-state index contributed by atoms with van der Waals surface area (Å²) in [4.78, 5) is 10.8. The fourth-order valence-corrected chi connectivity index (χ4v) is 1.41. The van der Waals surface area contributed by atoms with Crippen molar-refractivity contribution in [3.05, 3.63) is 47.1 Å². The molecule has 6 heteroatoms. The number of rotatable bonds is 4. The molecule has 1 aromatic heterocycles. The van der Waals surface area contributed by atoms with Crippen LogP contribution in [0.1, 0.15) is 21.7 Å². The van der Waals surface area contributed by atoms with E-state index in [-0.39, 0.29) is 23.7 Å². The second-order valence-corrected chi connectivity index (χ2v) is 3.69. The molecule has 1 N–H and O–H groups in total. The van der Waals surface area contributed by atoms with Crippen LogP contribution >= 0.6 is 0 Å². The highest BCUT2D eigenvalue weighted by Crippen LogP contribution is 2.20. The summed E-state index contributed by atoms with van der Waals surface area (Å²) in [5.41, 5.74) is 0.741. The Bertz CT molecular complexity index is 579. The smallest absolute Gasteiger partial charge is 0.341 e. The number of carboxylic acids is 1. The Labute approximate surface area is 102 Å². The van der Waals surface area contributed by atoms with Gasteiger partial charge < -0.3 is 14.4 Å². The van der Waals surface area contributed by atoms with Crippen LogP contribution in [0.25, 0.3) is 0 Å². The summed E-state index contributed by atoms with van der Waals surface area (Å²) in [7, 11) is 0. The first-order chi connectivity index (χ1) is 8.58. The summed E-state index contributed by atoms with van der Waals surface area (Å²) in [5, 5.41) is 12.2. The number of hydrogen-bond donors (Lipinski definition) is 1. The maximum absolute atomic E-state index is 13.4. The Morgan fingerprint density at radius 1 is 1.56 bits per heavy atom. The molecule has 1 heterocycles. The molecule has 0 atom stereocenters. The number of aromatic nitrogens is 1. The van der Waals surface area contributed by atoms with Crippen LogP contribution in [0.4, 0.5) is 4.39 Å². The first-order valence-electron chi connectivity index (χ1n) is 5.13. The lowest BCUT2D eigenvalue weighted by Gasteiger charge is -2.06. The summed E-state index contributed by atoms with van der Waals surface area (Å²) in [6.07, 6.45) is 1.08. The van der Waals surface area contributed by atoms with Gasteiger partial charge in [0.15, 0.2) is 17.3 Å². The first kappa shape index (κ1) is 12.1. The van der Waals surface area contributed by atoms with Gasteiger partial charge in [-0.15, -0.1) is 0 Å². The average molecular weight is 251 g/mol. The predicted octanol–water partition coefficient (Wildman–Crippen LogP) is 2.40. The van der Waals surface area contributed by atoms with Gasteiger partial charge in [0, 0.05) is 0 Å². The Balaban J connectivity index is 2.14. The number of nitrogens with zero attached hydrogens (tertiary/aromatic N) is 1. The third-order valence-corrected chi connectivity index (χ3v) is 2.32. The Morgan fingerprint density at radius 3 is 3.06 bits per heavy atom. The summed E-state index contributed by atoms with van der Waals surface area (Å²) >= 11 is 0. The third-order valence-electron chi connectivity index (χ3n) is 2.32. The molecule has 0 saturated carbocycles. The molecule has 0 aliphatic rings. The van der Waals surface area contributed by atoms with Crippen molar-refractivity contribution >= 4 is 5.97 Å². The van der Waals surface area contributed by atoms with E-state index in [4.69, 9.17) is 14.4 Å². The van der Waals surface area contributed by atoms with Crippen LogP contribution in [0.5, 0.6) is 5.75 Å². The van der Waals surface area contributed by atoms with E-state index in [2.05, 4.69) is 5.16 Å². The quantitative estimate of drug-likeness (QED) is 0.903. The maximum Gasteiger partial charge on any atom is 0.341 e. The monoisotopic (exact) mass is 251 g/mol. The second kappa shape index (κ2) is 4.87. The first-order valence-corrected chi connectivity index (χ1v) is 5.13. The van der Waals surface area contributed by atoms with Crippen molar-refractivity contribution in [3.8, 4) is 5.75 Å². The molecule has 0 aliphatic carbocycles. The van der Waals surface area contributed by atoms with Crippen LogP contribution in [-0.4, -0.2) is 16.2 Å². The van der Waals surface area contributed by atoms with Crippen molar-refractivity contribution in [3.63, 3.8) is 0 Å². The van der Waals surface area contributed by atoms with Crippen LogP contribution < -0.4 is 4.74 Å². The molecule has 0 amide bonds. The minimum Gasteiger partial charge on any atom is -0.482 e. The van der Waals surface area contributed by atoms with Crippen molar-refractivity contribution in [1.29, 1.82) is 0 Å². The molecule has 94 valence electrons. The normalized spacial score (nSPS) is 10.3. The summed E-state index contributed by atoms with van der Waals surface area (Å²) in [6.45, 7) is 1.60. The number of aryl methyl sites for hydroxylation is 1. The lowest BCUT2D eigenvalue weighted by molar-refractivity contribution is 0.0691. The van der Waals surface area contributed by atoms with Crippen molar-refractivity contribution in [2.24, 2.45) is 0 Å². The molecule has 2 aromatic rings. The topological polar surface area (TPSA) is 72.6 Å². The fraction of sp³-hybridized carbons (Fsp3) is 0.167. The molecule has 0 fully saturated rings. The van der Waals surface area contributed by atoms with Gasteiger partial charge in [-0.05, 0) is 24.6 Å². The molecule has 1 aromatic carbocycles. The Hall–Kier alpha value is -2.37. The van der Waals surface area contributed by atoms with E-state index >= 15 is 0 Å². The molecule has 0 bridgehead atoms. The van der Waals surface area contributed by atoms with Crippen LogP contribution in [0.15, 0.2) is 28.9 Å². The van der Waals surface area contributed by atoms with Crippen LogP contribution in [-0.2, 0) is 6.61 Å². The van der Waals surface area contributed by atoms with E-state index in [1.165, 1.54) is 12.1 Å². The minimum absolute atomic E-state index is 0.0442. The highest BCUT2D eigenvalue weighted by Gasteiger charge is 2.16. The highest BCUT2D eigenvalue weighted by atomic mass is 19.1. The molecule has 2 rings (SSSR count). The molecule has 0 saturated heterocycles. The van der Waals surface area contributed by atoms with Gasteiger partial charge in [0.2, 0.25) is 0 Å². The lowest BCUT2D eigenvalue weighted by atomic mass is 10.2. The van der Waals surface area contributed by atoms with Crippen molar-refractivity contribution < 1.29 is 23.6 Å². The molecular weight excluding hydrogens is 241 g/mol. The molecule has 0 unspecified atom stereocenters. The van der Waals surface area contributed by atoms with E-state index in [0.29, 0.717) is 0 Å². The largest absolute Gasteiger partial charge is 0.482 e. The molecule has 18 heavy (non-hydrogen) atoms. The van der Waals surface area contributed by atoms with Crippen molar-refractivity contribution in [1.82, 2.24) is 5.16 Å². The Morgan fingerprint density at radius 2 is 2.33 bits per heavy atom. The number of carbonyl (C=O) groups is 1. The Kier molecular flexibility index (Phi) is 3.27. The third kappa shape index (κ3) is 2.48. The van der Waals surface area contributed by atoms with Gasteiger partial charge in [-0.3, -0.25) is 0 Å². The number of benzene rings is 1. The van der Waals surface area contributed by atoms with E-state index in [1.54, 1.807) is 13.0 Å². The maximum atomic E-state index is 13.4. The molecule has 0 aliphatic heterocycles. The standard InChI is InChI=1S/C12H10FNO4/c1-7-2-3-9(13)10(4-7)17-6-11-8(12(15)16)5-14-18-11/h2-5H,6H2,1H3,(H,15,16). The highest BCUT2D eigenvalue weighted by molar-refractivity contribution is 5.88. The summed E-state index contributed by atoms with van der Waals surface area (Å²) in [6, 6.07) is 4.41. The van der Waals surface area contributed by atoms with E-state index < -0.39 is 11.8 Å². The van der Waals surface area contributed by atoms with Gasteiger partial charge in [-0.1, -0.05) is 11.2 Å². The van der Waals surface area contributed by atoms with Crippen molar-refractivity contribution in [2.75, 3.05) is 0 Å². The van der Waals surface area contributed by atoms with Crippen LogP contribution in [0.3, 0.4) is 0 Å². The number of carboxylic acid groups (broad SMARTS) is 1. The minimum atomic E-state index is -1.17. The number of halogens is 1. The predicted molar refractivity (Wildman–Crippen MR) is 58.9 cm³/mol. The van der Waals surface area contributed by atoms with Gasteiger partial charge in [-0.25, -0.2) is 9.18 Å². The molecule has 5 nitrogen and oxygen atoms in total. The van der Waals surface area contributed by atoms with Gasteiger partial charge in [0.1, 0.15) is 12.2 Å². The number of aromatic carboxylic acids is 1. The summed E-state index contributed by atoms with van der Waals surface area (Å²) < 4.78 is 23.3. The fourth-order valence-electron chi connectivity index (χ4n) is 1.41.